The first-order chi connectivity index (χ1) is 11.6. The molecule has 0 fully saturated rings. The van der Waals surface area contributed by atoms with Crippen LogP contribution >= 0.6 is 0 Å². The molecular formula is C20H26N2O2. The van der Waals surface area contributed by atoms with Gasteiger partial charge in [-0.2, -0.15) is 0 Å². The molecule has 2 aromatic rings. The molecule has 2 amide bonds. The van der Waals surface area contributed by atoms with Crippen LogP contribution in [0.25, 0.3) is 11.1 Å². The summed E-state index contributed by atoms with van der Waals surface area (Å²) in [5.41, 5.74) is 3.40. The zero-order valence-corrected chi connectivity index (χ0v) is 14.3. The van der Waals surface area contributed by atoms with Crippen molar-refractivity contribution >= 4 is 6.03 Å². The smallest absolute Gasteiger partial charge is 0.315 e. The molecule has 0 saturated carbocycles. The zero-order valence-electron chi connectivity index (χ0n) is 14.3. The third-order valence-electron chi connectivity index (χ3n) is 4.10. The minimum Gasteiger partial charge on any atom is -0.396 e. The molecule has 0 heterocycles. The van der Waals surface area contributed by atoms with Gasteiger partial charge in [0.15, 0.2) is 0 Å². The SMILES string of the molecule is CC(CCO)CNC(=O)NC(C)c1ccc(-c2ccccc2)cc1. The van der Waals surface area contributed by atoms with E-state index in [2.05, 4.69) is 34.9 Å². The Hall–Kier alpha value is -2.33. The summed E-state index contributed by atoms with van der Waals surface area (Å²) in [7, 11) is 0. The molecular weight excluding hydrogens is 300 g/mol. The number of rotatable bonds is 7. The lowest BCUT2D eigenvalue weighted by molar-refractivity contribution is 0.231. The van der Waals surface area contributed by atoms with Crippen molar-refractivity contribution in [3.63, 3.8) is 0 Å². The molecule has 0 aliphatic rings. The number of hydrogen-bond donors (Lipinski definition) is 3. The van der Waals surface area contributed by atoms with E-state index in [1.807, 2.05) is 44.2 Å². The number of urea groups is 1. The molecule has 4 nitrogen and oxygen atoms in total. The molecule has 2 rings (SSSR count). The standard InChI is InChI=1S/C20H26N2O2/c1-15(12-13-23)14-21-20(24)22-16(2)17-8-10-19(11-9-17)18-6-4-3-5-7-18/h3-11,15-16,23H,12-14H2,1-2H3,(H2,21,22,24). The first kappa shape index (κ1) is 18.0. The maximum absolute atomic E-state index is 11.9. The van der Waals surface area contributed by atoms with Crippen LogP contribution in [0, 0.1) is 5.92 Å². The number of aliphatic hydroxyl groups is 1. The van der Waals surface area contributed by atoms with Gasteiger partial charge in [-0.1, -0.05) is 61.5 Å². The summed E-state index contributed by atoms with van der Waals surface area (Å²) in [5.74, 6) is 0.265. The van der Waals surface area contributed by atoms with Crippen LogP contribution in [0.5, 0.6) is 0 Å². The Kier molecular flexibility index (Phi) is 6.82. The van der Waals surface area contributed by atoms with Crippen LogP contribution in [0.4, 0.5) is 4.79 Å². The van der Waals surface area contributed by atoms with Gasteiger partial charge in [-0.15, -0.1) is 0 Å². The van der Waals surface area contributed by atoms with Crippen molar-refractivity contribution in [3.05, 3.63) is 60.2 Å². The fourth-order valence-electron chi connectivity index (χ4n) is 2.52. The lowest BCUT2D eigenvalue weighted by atomic mass is 10.0. The van der Waals surface area contributed by atoms with Gasteiger partial charge in [-0.05, 0) is 36.0 Å². The molecule has 0 spiro atoms. The molecule has 24 heavy (non-hydrogen) atoms. The van der Waals surface area contributed by atoms with Crippen LogP contribution in [0.15, 0.2) is 54.6 Å². The molecule has 0 bridgehead atoms. The number of amides is 2. The summed E-state index contributed by atoms with van der Waals surface area (Å²) in [5, 5.41) is 14.7. The van der Waals surface area contributed by atoms with Crippen LogP contribution in [-0.4, -0.2) is 24.3 Å². The molecule has 128 valence electrons. The largest absolute Gasteiger partial charge is 0.396 e. The summed E-state index contributed by atoms with van der Waals surface area (Å²) >= 11 is 0. The number of carbonyl (C=O) groups is 1. The van der Waals surface area contributed by atoms with Crippen LogP contribution < -0.4 is 10.6 Å². The lowest BCUT2D eigenvalue weighted by Crippen LogP contribution is -2.39. The van der Waals surface area contributed by atoms with Crippen molar-refractivity contribution in [2.75, 3.05) is 13.2 Å². The Bertz CT molecular complexity index is 626. The predicted octanol–water partition coefficient (Wildman–Crippen LogP) is 3.73. The van der Waals surface area contributed by atoms with E-state index in [4.69, 9.17) is 5.11 Å². The quantitative estimate of drug-likeness (QED) is 0.726. The Morgan fingerprint density at radius 2 is 1.62 bits per heavy atom. The van der Waals surface area contributed by atoms with Gasteiger partial charge in [0, 0.05) is 13.2 Å². The minimum atomic E-state index is -0.181. The van der Waals surface area contributed by atoms with Crippen molar-refractivity contribution in [1.82, 2.24) is 10.6 Å². The van der Waals surface area contributed by atoms with Gasteiger partial charge < -0.3 is 15.7 Å². The molecule has 0 saturated heterocycles. The Morgan fingerprint density at radius 1 is 1.00 bits per heavy atom. The van der Waals surface area contributed by atoms with Crippen molar-refractivity contribution in [3.8, 4) is 11.1 Å². The normalized spacial score (nSPS) is 13.1. The third kappa shape index (κ3) is 5.39. The number of aliphatic hydroxyl groups excluding tert-OH is 1. The number of nitrogens with one attached hydrogen (secondary N) is 2. The lowest BCUT2D eigenvalue weighted by Gasteiger charge is -2.17. The average Bonchev–Trinajstić information content (AvgIpc) is 2.61. The van der Waals surface area contributed by atoms with Gasteiger partial charge in [-0.25, -0.2) is 4.79 Å². The molecule has 0 aliphatic heterocycles. The van der Waals surface area contributed by atoms with E-state index in [0.717, 1.165) is 11.1 Å². The van der Waals surface area contributed by atoms with Crippen molar-refractivity contribution in [2.24, 2.45) is 5.92 Å². The number of benzene rings is 2. The van der Waals surface area contributed by atoms with E-state index < -0.39 is 0 Å². The van der Waals surface area contributed by atoms with E-state index in [9.17, 15) is 4.79 Å². The third-order valence-corrected chi connectivity index (χ3v) is 4.10. The molecule has 0 aromatic heterocycles. The molecule has 0 radical (unpaired) electrons. The average molecular weight is 326 g/mol. The topological polar surface area (TPSA) is 61.4 Å². The number of carbonyl (C=O) groups excluding carboxylic acids is 1. The molecule has 0 aliphatic carbocycles. The molecule has 3 N–H and O–H groups in total. The summed E-state index contributed by atoms with van der Waals surface area (Å²) in [6.07, 6.45) is 0.691. The molecule has 2 aromatic carbocycles. The summed E-state index contributed by atoms with van der Waals surface area (Å²) in [4.78, 5) is 11.9. The van der Waals surface area contributed by atoms with Gasteiger partial charge in [0.1, 0.15) is 0 Å². The van der Waals surface area contributed by atoms with E-state index in [1.165, 1.54) is 5.56 Å². The predicted molar refractivity (Wildman–Crippen MR) is 97.7 cm³/mol. The maximum atomic E-state index is 11.9. The molecule has 4 heteroatoms. The van der Waals surface area contributed by atoms with Crippen molar-refractivity contribution < 1.29 is 9.90 Å². The van der Waals surface area contributed by atoms with Gasteiger partial charge in [0.05, 0.1) is 6.04 Å². The summed E-state index contributed by atoms with van der Waals surface area (Å²) in [6.45, 7) is 4.68. The monoisotopic (exact) mass is 326 g/mol. The summed E-state index contributed by atoms with van der Waals surface area (Å²) < 4.78 is 0. The fraction of sp³-hybridized carbons (Fsp3) is 0.350. The van der Waals surface area contributed by atoms with E-state index >= 15 is 0 Å². The highest BCUT2D eigenvalue weighted by Crippen LogP contribution is 2.21. The van der Waals surface area contributed by atoms with Gasteiger partial charge in [0.2, 0.25) is 0 Å². The maximum Gasteiger partial charge on any atom is 0.315 e. The number of hydrogen-bond acceptors (Lipinski definition) is 2. The fourth-order valence-corrected chi connectivity index (χ4v) is 2.52. The van der Waals surface area contributed by atoms with Gasteiger partial charge >= 0.3 is 6.03 Å². The van der Waals surface area contributed by atoms with E-state index in [1.54, 1.807) is 0 Å². The van der Waals surface area contributed by atoms with Gasteiger partial charge in [-0.3, -0.25) is 0 Å². The van der Waals surface area contributed by atoms with Gasteiger partial charge in [0.25, 0.3) is 0 Å². The zero-order chi connectivity index (χ0) is 17.4. The Balaban J connectivity index is 1.88. The van der Waals surface area contributed by atoms with Crippen LogP contribution in [-0.2, 0) is 0 Å². The van der Waals surface area contributed by atoms with Crippen LogP contribution in [0.3, 0.4) is 0 Å². The highest BCUT2D eigenvalue weighted by molar-refractivity contribution is 5.74. The second-order valence-electron chi connectivity index (χ2n) is 6.18. The van der Waals surface area contributed by atoms with Crippen molar-refractivity contribution in [2.45, 2.75) is 26.3 Å². The highest BCUT2D eigenvalue weighted by atomic mass is 16.3. The molecule has 2 atom stereocenters. The Morgan fingerprint density at radius 3 is 2.25 bits per heavy atom. The second-order valence-corrected chi connectivity index (χ2v) is 6.18. The molecule has 2 unspecified atom stereocenters. The van der Waals surface area contributed by atoms with Crippen molar-refractivity contribution in [1.29, 1.82) is 0 Å². The van der Waals surface area contributed by atoms with E-state index in [0.29, 0.717) is 13.0 Å². The Labute approximate surface area is 143 Å². The van der Waals surface area contributed by atoms with Crippen LogP contribution in [0.2, 0.25) is 0 Å². The first-order valence-corrected chi connectivity index (χ1v) is 8.40. The summed E-state index contributed by atoms with van der Waals surface area (Å²) in [6, 6.07) is 18.2. The van der Waals surface area contributed by atoms with E-state index in [-0.39, 0.29) is 24.6 Å². The first-order valence-electron chi connectivity index (χ1n) is 8.40. The highest BCUT2D eigenvalue weighted by Gasteiger charge is 2.10. The van der Waals surface area contributed by atoms with Crippen LogP contribution in [0.1, 0.15) is 31.9 Å². The minimum absolute atomic E-state index is 0.0667. The second kappa shape index (κ2) is 9.08.